The van der Waals surface area contributed by atoms with Gasteiger partial charge in [-0.15, -0.1) is 11.3 Å². The van der Waals surface area contributed by atoms with Crippen molar-refractivity contribution in [1.29, 1.82) is 0 Å². The molecule has 0 aliphatic heterocycles. The Morgan fingerprint density at radius 3 is 2.43 bits per heavy atom. The molecule has 0 aliphatic rings. The maximum Gasteiger partial charge on any atom is 0.138 e. The normalized spacial score (nSPS) is 10.4. The van der Waals surface area contributed by atoms with Crippen molar-refractivity contribution in [3.05, 3.63) is 34.2 Å². The number of rotatable bonds is 1. The average molecular weight is 225 g/mol. The van der Waals surface area contributed by atoms with Gasteiger partial charge in [0.1, 0.15) is 10.8 Å². The molecule has 72 valence electrons. The Morgan fingerprint density at radius 1 is 1.29 bits per heavy atom. The zero-order valence-corrected chi connectivity index (χ0v) is 9.19. The SMILES string of the molecule is Cc1sc(-c2ccc(Cl)cc2)nc1N. The van der Waals surface area contributed by atoms with E-state index in [0.717, 1.165) is 20.5 Å². The predicted octanol–water partition coefficient (Wildman–Crippen LogP) is 3.35. The molecule has 0 fully saturated rings. The van der Waals surface area contributed by atoms with Crippen LogP contribution in [0.3, 0.4) is 0 Å². The third-order valence-corrected chi connectivity index (χ3v) is 3.21. The molecule has 0 radical (unpaired) electrons. The number of anilines is 1. The summed E-state index contributed by atoms with van der Waals surface area (Å²) in [6, 6.07) is 7.59. The Hall–Kier alpha value is -1.06. The Labute approximate surface area is 91.4 Å². The molecule has 0 amide bonds. The first-order valence-corrected chi connectivity index (χ1v) is 5.35. The summed E-state index contributed by atoms with van der Waals surface area (Å²) in [5.74, 6) is 0.611. The first-order chi connectivity index (χ1) is 6.66. The van der Waals surface area contributed by atoms with Gasteiger partial charge in [-0.3, -0.25) is 0 Å². The fourth-order valence-electron chi connectivity index (χ4n) is 1.12. The molecule has 2 N–H and O–H groups in total. The van der Waals surface area contributed by atoms with Crippen molar-refractivity contribution in [2.75, 3.05) is 5.73 Å². The highest BCUT2D eigenvalue weighted by atomic mass is 35.5. The Kier molecular flexibility index (Phi) is 2.44. The summed E-state index contributed by atoms with van der Waals surface area (Å²) >= 11 is 7.39. The van der Waals surface area contributed by atoms with Gasteiger partial charge in [0, 0.05) is 15.5 Å². The fraction of sp³-hybridized carbons (Fsp3) is 0.100. The minimum Gasteiger partial charge on any atom is -0.383 e. The van der Waals surface area contributed by atoms with Crippen LogP contribution in [-0.2, 0) is 0 Å². The Bertz CT molecular complexity index is 428. The van der Waals surface area contributed by atoms with E-state index in [9.17, 15) is 0 Å². The lowest BCUT2D eigenvalue weighted by molar-refractivity contribution is 1.39. The summed E-state index contributed by atoms with van der Waals surface area (Å²) in [4.78, 5) is 5.31. The molecule has 2 aromatic rings. The summed E-state index contributed by atoms with van der Waals surface area (Å²) < 4.78 is 0. The first kappa shape index (κ1) is 9.49. The summed E-state index contributed by atoms with van der Waals surface area (Å²) in [6.07, 6.45) is 0. The minimum absolute atomic E-state index is 0.611. The molecule has 1 aromatic heterocycles. The standard InChI is InChI=1S/C10H9ClN2S/c1-6-9(12)13-10(14-6)7-2-4-8(11)5-3-7/h2-5H,12H2,1H3. The molecule has 0 saturated heterocycles. The molecular formula is C10H9ClN2S. The summed E-state index contributed by atoms with van der Waals surface area (Å²) in [6.45, 7) is 1.96. The van der Waals surface area contributed by atoms with Crippen LogP contribution in [0.25, 0.3) is 10.6 Å². The van der Waals surface area contributed by atoms with E-state index in [0.29, 0.717) is 5.82 Å². The third kappa shape index (κ3) is 1.74. The molecule has 0 spiro atoms. The van der Waals surface area contributed by atoms with Gasteiger partial charge < -0.3 is 5.73 Å². The molecule has 0 unspecified atom stereocenters. The number of aromatic nitrogens is 1. The third-order valence-electron chi connectivity index (χ3n) is 1.92. The second-order valence-electron chi connectivity index (χ2n) is 2.97. The van der Waals surface area contributed by atoms with Crippen LogP contribution in [0.15, 0.2) is 24.3 Å². The number of nitrogens with zero attached hydrogens (tertiary/aromatic N) is 1. The van der Waals surface area contributed by atoms with Gasteiger partial charge in [-0.1, -0.05) is 23.7 Å². The molecule has 0 saturated carbocycles. The maximum absolute atomic E-state index is 5.79. The number of halogens is 1. The van der Waals surface area contributed by atoms with Crippen LogP contribution in [-0.4, -0.2) is 4.98 Å². The predicted molar refractivity (Wildman–Crippen MR) is 61.7 cm³/mol. The van der Waals surface area contributed by atoms with E-state index < -0.39 is 0 Å². The largest absolute Gasteiger partial charge is 0.383 e. The van der Waals surface area contributed by atoms with Crippen molar-refractivity contribution in [3.63, 3.8) is 0 Å². The van der Waals surface area contributed by atoms with Crippen LogP contribution in [0, 0.1) is 6.92 Å². The van der Waals surface area contributed by atoms with Gasteiger partial charge in [0.25, 0.3) is 0 Å². The second-order valence-corrected chi connectivity index (χ2v) is 4.61. The number of benzene rings is 1. The lowest BCUT2D eigenvalue weighted by Crippen LogP contribution is -1.85. The number of thiazole rings is 1. The molecule has 0 aliphatic carbocycles. The lowest BCUT2D eigenvalue weighted by atomic mass is 10.2. The minimum atomic E-state index is 0.611. The first-order valence-electron chi connectivity index (χ1n) is 4.15. The van der Waals surface area contributed by atoms with Gasteiger partial charge in [0.05, 0.1) is 0 Å². The van der Waals surface area contributed by atoms with Crippen LogP contribution in [0.2, 0.25) is 5.02 Å². The van der Waals surface area contributed by atoms with E-state index in [1.807, 2.05) is 31.2 Å². The quantitative estimate of drug-likeness (QED) is 0.807. The molecule has 4 heteroatoms. The van der Waals surface area contributed by atoms with Gasteiger partial charge in [0.15, 0.2) is 0 Å². The maximum atomic E-state index is 5.79. The van der Waals surface area contributed by atoms with Crippen molar-refractivity contribution in [2.45, 2.75) is 6.92 Å². The van der Waals surface area contributed by atoms with E-state index in [2.05, 4.69) is 4.98 Å². The molecule has 1 heterocycles. The van der Waals surface area contributed by atoms with Gasteiger partial charge in [-0.2, -0.15) is 0 Å². The number of nitrogens with two attached hydrogens (primary N) is 1. The average Bonchev–Trinajstić information content (AvgIpc) is 2.48. The zero-order chi connectivity index (χ0) is 10.1. The molecule has 0 atom stereocenters. The lowest BCUT2D eigenvalue weighted by Gasteiger charge is -1.94. The molecule has 1 aromatic carbocycles. The monoisotopic (exact) mass is 224 g/mol. The van der Waals surface area contributed by atoms with E-state index in [4.69, 9.17) is 17.3 Å². The summed E-state index contributed by atoms with van der Waals surface area (Å²) in [7, 11) is 0. The van der Waals surface area contributed by atoms with Gasteiger partial charge in [0.2, 0.25) is 0 Å². The number of aryl methyl sites for hydroxylation is 1. The molecular weight excluding hydrogens is 216 g/mol. The summed E-state index contributed by atoms with van der Waals surface area (Å²) in [5, 5.41) is 1.67. The van der Waals surface area contributed by atoms with Crippen molar-refractivity contribution >= 4 is 28.8 Å². The Morgan fingerprint density at radius 2 is 1.93 bits per heavy atom. The van der Waals surface area contributed by atoms with Gasteiger partial charge >= 0.3 is 0 Å². The van der Waals surface area contributed by atoms with Crippen molar-refractivity contribution in [3.8, 4) is 10.6 Å². The smallest absolute Gasteiger partial charge is 0.138 e. The molecule has 2 rings (SSSR count). The van der Waals surface area contributed by atoms with Crippen LogP contribution in [0.1, 0.15) is 4.88 Å². The van der Waals surface area contributed by atoms with Gasteiger partial charge in [-0.25, -0.2) is 4.98 Å². The topological polar surface area (TPSA) is 38.9 Å². The molecule has 0 bridgehead atoms. The highest BCUT2D eigenvalue weighted by Gasteiger charge is 2.05. The van der Waals surface area contributed by atoms with E-state index in [-0.39, 0.29) is 0 Å². The summed E-state index contributed by atoms with van der Waals surface area (Å²) in [5.41, 5.74) is 6.74. The number of nitrogen functional groups attached to an aromatic ring is 1. The fourth-order valence-corrected chi connectivity index (χ4v) is 2.09. The number of hydrogen-bond donors (Lipinski definition) is 1. The van der Waals surface area contributed by atoms with Crippen LogP contribution >= 0.6 is 22.9 Å². The van der Waals surface area contributed by atoms with Crippen molar-refractivity contribution < 1.29 is 0 Å². The zero-order valence-electron chi connectivity index (χ0n) is 7.62. The van der Waals surface area contributed by atoms with E-state index in [1.54, 1.807) is 11.3 Å². The van der Waals surface area contributed by atoms with E-state index >= 15 is 0 Å². The Balaban J connectivity index is 2.44. The highest BCUT2D eigenvalue weighted by Crippen LogP contribution is 2.29. The molecule has 14 heavy (non-hydrogen) atoms. The number of hydrogen-bond acceptors (Lipinski definition) is 3. The van der Waals surface area contributed by atoms with Crippen LogP contribution < -0.4 is 5.73 Å². The van der Waals surface area contributed by atoms with Crippen LogP contribution in [0.4, 0.5) is 5.82 Å². The van der Waals surface area contributed by atoms with E-state index in [1.165, 1.54) is 0 Å². The highest BCUT2D eigenvalue weighted by molar-refractivity contribution is 7.15. The van der Waals surface area contributed by atoms with Gasteiger partial charge in [-0.05, 0) is 19.1 Å². The van der Waals surface area contributed by atoms with Crippen molar-refractivity contribution in [2.24, 2.45) is 0 Å². The molecule has 2 nitrogen and oxygen atoms in total. The van der Waals surface area contributed by atoms with Crippen molar-refractivity contribution in [1.82, 2.24) is 4.98 Å². The second kappa shape index (κ2) is 3.59. The van der Waals surface area contributed by atoms with Crippen LogP contribution in [0.5, 0.6) is 0 Å².